The van der Waals surface area contributed by atoms with E-state index in [0.29, 0.717) is 5.15 Å². The predicted octanol–water partition coefficient (Wildman–Crippen LogP) is 1.89. The van der Waals surface area contributed by atoms with Crippen molar-refractivity contribution < 1.29 is 5.11 Å². The van der Waals surface area contributed by atoms with Crippen LogP contribution in [0.2, 0.25) is 5.15 Å². The molecule has 6 heteroatoms. The van der Waals surface area contributed by atoms with Crippen molar-refractivity contribution in [3.8, 4) is 0 Å². The Morgan fingerprint density at radius 1 is 1.42 bits per heavy atom. The van der Waals surface area contributed by atoms with Gasteiger partial charge in [0.25, 0.3) is 0 Å². The number of hydrogen-bond acceptors (Lipinski definition) is 5. The molecule has 1 N–H and O–H groups in total. The van der Waals surface area contributed by atoms with Crippen molar-refractivity contribution in [2.45, 2.75) is 19.4 Å². The van der Waals surface area contributed by atoms with Gasteiger partial charge in [0.1, 0.15) is 10.7 Å². The highest BCUT2D eigenvalue weighted by Crippen LogP contribution is 2.30. The summed E-state index contributed by atoms with van der Waals surface area (Å²) in [5.74, 6) is 1.03. The van der Waals surface area contributed by atoms with E-state index in [1.807, 2.05) is 6.92 Å². The Kier molecular flexibility index (Phi) is 3.24. The van der Waals surface area contributed by atoms with Gasteiger partial charge in [0, 0.05) is 37.5 Å². The fraction of sp³-hybridized carbons (Fsp3) is 0.462. The Hall–Kier alpha value is -1.46. The molecule has 100 valence electrons. The van der Waals surface area contributed by atoms with Crippen molar-refractivity contribution in [1.29, 1.82) is 0 Å². The number of anilines is 1. The number of pyridine rings is 1. The number of hydrogen-bond donors (Lipinski definition) is 1. The van der Waals surface area contributed by atoms with E-state index >= 15 is 0 Å². The molecule has 5 nitrogen and oxygen atoms in total. The normalized spacial score (nSPS) is 21.0. The second kappa shape index (κ2) is 4.90. The van der Waals surface area contributed by atoms with Crippen LogP contribution in [-0.4, -0.2) is 39.3 Å². The molecule has 1 aliphatic rings. The van der Waals surface area contributed by atoms with Crippen LogP contribution < -0.4 is 4.90 Å². The van der Waals surface area contributed by atoms with E-state index in [1.54, 1.807) is 18.5 Å². The van der Waals surface area contributed by atoms with Gasteiger partial charge >= 0.3 is 0 Å². The molecule has 2 atom stereocenters. The fourth-order valence-corrected chi connectivity index (χ4v) is 2.70. The van der Waals surface area contributed by atoms with Gasteiger partial charge in [0.05, 0.1) is 11.6 Å². The number of nitrogens with zero attached hydrogens (tertiary/aromatic N) is 4. The van der Waals surface area contributed by atoms with Gasteiger partial charge in [-0.05, 0) is 13.3 Å². The summed E-state index contributed by atoms with van der Waals surface area (Å²) in [5, 5.41) is 10.1. The van der Waals surface area contributed by atoms with Gasteiger partial charge in [-0.2, -0.15) is 0 Å². The molecule has 0 spiro atoms. The molecule has 19 heavy (non-hydrogen) atoms. The van der Waals surface area contributed by atoms with E-state index in [1.165, 1.54) is 0 Å². The molecule has 0 amide bonds. The van der Waals surface area contributed by atoms with Gasteiger partial charge in [-0.15, -0.1) is 0 Å². The van der Waals surface area contributed by atoms with Crippen molar-refractivity contribution in [2.75, 3.05) is 18.0 Å². The Labute approximate surface area is 116 Å². The lowest BCUT2D eigenvalue weighted by Gasteiger charge is -2.19. The van der Waals surface area contributed by atoms with Crippen LogP contribution in [0.15, 0.2) is 18.5 Å². The molecule has 0 saturated carbocycles. The third-order valence-electron chi connectivity index (χ3n) is 3.61. The first kappa shape index (κ1) is 12.6. The highest BCUT2D eigenvalue weighted by Gasteiger charge is 2.28. The van der Waals surface area contributed by atoms with Crippen molar-refractivity contribution in [1.82, 2.24) is 15.0 Å². The smallest absolute Gasteiger partial charge is 0.158 e. The van der Waals surface area contributed by atoms with E-state index in [9.17, 15) is 5.11 Å². The Bertz CT molecular complexity index is 604. The summed E-state index contributed by atoms with van der Waals surface area (Å²) in [6, 6.07) is 1.72. The SMILES string of the molecule is C[C@H](O)C1CCN(c2nc(Cl)cc3nccnc23)C1. The maximum absolute atomic E-state index is 9.68. The van der Waals surface area contributed by atoms with Crippen LogP contribution in [-0.2, 0) is 0 Å². The Morgan fingerprint density at radius 3 is 2.95 bits per heavy atom. The standard InChI is InChI=1S/C13H15ClN4O/c1-8(19)9-2-5-18(7-9)13-12-10(6-11(14)17-13)15-3-4-16-12/h3-4,6,8-9,19H,2,5,7H2,1H3/t8-,9?/m0/s1. The summed E-state index contributed by atoms with van der Waals surface area (Å²) in [5.41, 5.74) is 1.51. The highest BCUT2D eigenvalue weighted by atomic mass is 35.5. The number of fused-ring (bicyclic) bond motifs is 1. The molecule has 0 radical (unpaired) electrons. The van der Waals surface area contributed by atoms with E-state index in [-0.39, 0.29) is 12.0 Å². The monoisotopic (exact) mass is 278 g/mol. The minimum Gasteiger partial charge on any atom is -0.393 e. The zero-order valence-corrected chi connectivity index (χ0v) is 11.4. The molecule has 1 fully saturated rings. The summed E-state index contributed by atoms with van der Waals surface area (Å²) >= 11 is 6.05. The quantitative estimate of drug-likeness (QED) is 0.850. The van der Waals surface area contributed by atoms with Gasteiger partial charge in [0.2, 0.25) is 0 Å². The fourth-order valence-electron chi connectivity index (χ4n) is 2.52. The van der Waals surface area contributed by atoms with Crippen molar-refractivity contribution in [3.63, 3.8) is 0 Å². The van der Waals surface area contributed by atoms with Gasteiger partial charge in [-0.3, -0.25) is 4.98 Å². The molecule has 0 bridgehead atoms. The number of aliphatic hydroxyl groups is 1. The lowest BCUT2D eigenvalue weighted by molar-refractivity contribution is 0.136. The summed E-state index contributed by atoms with van der Waals surface area (Å²) in [7, 11) is 0. The second-order valence-electron chi connectivity index (χ2n) is 4.93. The maximum Gasteiger partial charge on any atom is 0.158 e. The van der Waals surface area contributed by atoms with Crippen LogP contribution in [0, 0.1) is 5.92 Å². The molecule has 1 saturated heterocycles. The summed E-state index contributed by atoms with van der Waals surface area (Å²) in [4.78, 5) is 15.1. The third kappa shape index (κ3) is 2.35. The zero-order valence-electron chi connectivity index (χ0n) is 10.6. The average Bonchev–Trinajstić information content (AvgIpc) is 2.87. The van der Waals surface area contributed by atoms with E-state index in [4.69, 9.17) is 11.6 Å². The molecular weight excluding hydrogens is 264 g/mol. The topological polar surface area (TPSA) is 62.1 Å². The Balaban J connectivity index is 2.01. The van der Waals surface area contributed by atoms with Crippen LogP contribution in [0.1, 0.15) is 13.3 Å². The van der Waals surface area contributed by atoms with Crippen molar-refractivity contribution >= 4 is 28.5 Å². The van der Waals surface area contributed by atoms with E-state index in [0.717, 1.165) is 36.4 Å². The average molecular weight is 279 g/mol. The Morgan fingerprint density at radius 2 is 2.21 bits per heavy atom. The minimum absolute atomic E-state index is 0.271. The van der Waals surface area contributed by atoms with E-state index in [2.05, 4.69) is 19.9 Å². The van der Waals surface area contributed by atoms with Crippen LogP contribution in [0.5, 0.6) is 0 Å². The third-order valence-corrected chi connectivity index (χ3v) is 3.81. The van der Waals surface area contributed by atoms with Crippen LogP contribution >= 0.6 is 11.6 Å². The van der Waals surface area contributed by atoms with Gasteiger partial charge in [-0.25, -0.2) is 9.97 Å². The van der Waals surface area contributed by atoms with Gasteiger partial charge in [0.15, 0.2) is 5.82 Å². The molecule has 3 heterocycles. The zero-order chi connectivity index (χ0) is 13.4. The first-order chi connectivity index (χ1) is 9.15. The first-order valence-corrected chi connectivity index (χ1v) is 6.73. The van der Waals surface area contributed by atoms with E-state index < -0.39 is 0 Å². The van der Waals surface area contributed by atoms with Crippen molar-refractivity contribution in [3.05, 3.63) is 23.6 Å². The van der Waals surface area contributed by atoms with Gasteiger partial charge < -0.3 is 10.0 Å². The molecule has 1 unspecified atom stereocenters. The van der Waals surface area contributed by atoms with Crippen molar-refractivity contribution in [2.24, 2.45) is 5.92 Å². The highest BCUT2D eigenvalue weighted by molar-refractivity contribution is 6.30. The summed E-state index contributed by atoms with van der Waals surface area (Å²) < 4.78 is 0. The molecule has 2 aromatic heterocycles. The number of rotatable bonds is 2. The number of aromatic nitrogens is 3. The summed E-state index contributed by atoms with van der Waals surface area (Å²) in [6.07, 6.45) is 3.95. The largest absolute Gasteiger partial charge is 0.393 e. The van der Waals surface area contributed by atoms with Crippen LogP contribution in [0.4, 0.5) is 5.82 Å². The minimum atomic E-state index is -0.304. The molecular formula is C13H15ClN4O. The lowest BCUT2D eigenvalue weighted by Crippen LogP contribution is -2.25. The van der Waals surface area contributed by atoms with Crippen LogP contribution in [0.25, 0.3) is 11.0 Å². The molecule has 3 rings (SSSR count). The maximum atomic E-state index is 9.68. The van der Waals surface area contributed by atoms with Gasteiger partial charge in [-0.1, -0.05) is 11.6 Å². The van der Waals surface area contributed by atoms with Crippen LogP contribution in [0.3, 0.4) is 0 Å². The summed E-state index contributed by atoms with van der Waals surface area (Å²) in [6.45, 7) is 3.46. The molecule has 2 aromatic rings. The number of halogens is 1. The molecule has 1 aliphatic heterocycles. The lowest BCUT2D eigenvalue weighted by atomic mass is 10.0. The second-order valence-corrected chi connectivity index (χ2v) is 5.32. The molecule has 0 aliphatic carbocycles. The number of aliphatic hydroxyl groups excluding tert-OH is 1. The predicted molar refractivity (Wildman–Crippen MR) is 74.3 cm³/mol. The molecule has 0 aromatic carbocycles. The first-order valence-electron chi connectivity index (χ1n) is 6.35.